The first-order chi connectivity index (χ1) is 8.74. The van der Waals surface area contributed by atoms with Gasteiger partial charge in [0, 0.05) is 12.6 Å². The van der Waals surface area contributed by atoms with Crippen molar-refractivity contribution in [1.82, 2.24) is 4.72 Å². The molecule has 2 rings (SSSR count). The number of aliphatic hydroxyl groups is 1. The number of nitrogens with one attached hydrogen (secondary N) is 1. The number of benzene rings is 1. The zero-order valence-corrected chi connectivity index (χ0v) is 12.4. The van der Waals surface area contributed by atoms with Crippen molar-refractivity contribution in [2.24, 2.45) is 5.92 Å². The number of aliphatic hydroxyl groups excluding tert-OH is 1. The van der Waals surface area contributed by atoms with Gasteiger partial charge in [-0.15, -0.1) is 0 Å². The van der Waals surface area contributed by atoms with Crippen molar-refractivity contribution in [1.29, 1.82) is 0 Å². The van der Waals surface area contributed by atoms with Gasteiger partial charge >= 0.3 is 0 Å². The molecule has 106 valence electrons. The third kappa shape index (κ3) is 3.35. The Kier molecular flexibility index (Phi) is 3.73. The largest absolute Gasteiger partial charge is 0.396 e. The Labute approximate surface area is 114 Å². The molecule has 4 nitrogen and oxygen atoms in total. The minimum atomic E-state index is -3.46. The van der Waals surface area contributed by atoms with Crippen LogP contribution in [0, 0.1) is 5.92 Å². The second-order valence-electron chi connectivity index (χ2n) is 6.18. The van der Waals surface area contributed by atoms with Crippen LogP contribution in [0.5, 0.6) is 0 Å². The van der Waals surface area contributed by atoms with Crippen LogP contribution < -0.4 is 4.72 Å². The molecule has 1 fully saturated rings. The highest BCUT2D eigenvalue weighted by atomic mass is 32.2. The van der Waals surface area contributed by atoms with Crippen LogP contribution in [0.15, 0.2) is 29.2 Å². The van der Waals surface area contributed by atoms with E-state index in [0.717, 1.165) is 12.0 Å². The lowest BCUT2D eigenvalue weighted by molar-refractivity contribution is 0.273. The van der Waals surface area contributed by atoms with E-state index in [9.17, 15) is 8.42 Å². The van der Waals surface area contributed by atoms with Crippen molar-refractivity contribution < 1.29 is 13.5 Å². The quantitative estimate of drug-likeness (QED) is 0.883. The van der Waals surface area contributed by atoms with Crippen molar-refractivity contribution >= 4 is 10.0 Å². The first-order valence-corrected chi connectivity index (χ1v) is 7.96. The Balaban J connectivity index is 2.13. The Hall–Kier alpha value is -0.910. The predicted molar refractivity (Wildman–Crippen MR) is 74.4 cm³/mol. The van der Waals surface area contributed by atoms with Crippen LogP contribution in [-0.2, 0) is 15.4 Å². The van der Waals surface area contributed by atoms with Gasteiger partial charge in [0.05, 0.1) is 4.90 Å². The van der Waals surface area contributed by atoms with Crippen molar-refractivity contribution in [3.8, 4) is 0 Å². The first kappa shape index (κ1) is 14.5. The normalized spacial score (nSPS) is 23.4. The molecule has 0 amide bonds. The first-order valence-electron chi connectivity index (χ1n) is 6.48. The number of hydrogen-bond acceptors (Lipinski definition) is 3. The van der Waals surface area contributed by atoms with Crippen molar-refractivity contribution in [3.63, 3.8) is 0 Å². The average molecular weight is 283 g/mol. The summed E-state index contributed by atoms with van der Waals surface area (Å²) in [5.74, 6) is 0.0728. The highest BCUT2D eigenvalue weighted by Gasteiger charge is 2.39. The van der Waals surface area contributed by atoms with Crippen LogP contribution in [-0.4, -0.2) is 26.2 Å². The van der Waals surface area contributed by atoms with Crippen molar-refractivity contribution in [2.45, 2.75) is 43.5 Å². The summed E-state index contributed by atoms with van der Waals surface area (Å²) < 4.78 is 26.8. The number of hydrogen-bond donors (Lipinski definition) is 2. The highest BCUT2D eigenvalue weighted by Crippen LogP contribution is 2.31. The van der Waals surface area contributed by atoms with Crippen LogP contribution >= 0.6 is 0 Å². The molecule has 1 aromatic rings. The molecule has 0 aliphatic heterocycles. The zero-order valence-electron chi connectivity index (χ0n) is 11.6. The third-order valence-corrected chi connectivity index (χ3v) is 5.00. The van der Waals surface area contributed by atoms with Crippen LogP contribution in [0.1, 0.15) is 32.8 Å². The smallest absolute Gasteiger partial charge is 0.240 e. The fraction of sp³-hybridized carbons (Fsp3) is 0.571. The Morgan fingerprint density at radius 1 is 1.26 bits per heavy atom. The minimum Gasteiger partial charge on any atom is -0.396 e. The van der Waals surface area contributed by atoms with Gasteiger partial charge in [0.25, 0.3) is 0 Å². The molecular weight excluding hydrogens is 262 g/mol. The molecule has 2 atom stereocenters. The second kappa shape index (κ2) is 4.89. The standard InChI is InChI=1S/C14H21NO3S/c1-14(2,3)11-4-6-12(7-5-11)19(17,18)15-13-8-10(13)9-16/h4-7,10,13,15-16H,8-9H2,1-3H3. The SMILES string of the molecule is CC(C)(C)c1ccc(S(=O)(=O)NC2CC2CO)cc1. The summed E-state index contributed by atoms with van der Waals surface area (Å²) in [5.41, 5.74) is 1.11. The summed E-state index contributed by atoms with van der Waals surface area (Å²) in [4.78, 5) is 0.282. The van der Waals surface area contributed by atoms with Gasteiger partial charge in [-0.3, -0.25) is 0 Å². The molecule has 2 N–H and O–H groups in total. The lowest BCUT2D eigenvalue weighted by Crippen LogP contribution is -2.27. The fourth-order valence-corrected chi connectivity index (χ4v) is 3.31. The lowest BCUT2D eigenvalue weighted by atomic mass is 9.87. The topological polar surface area (TPSA) is 66.4 Å². The van der Waals surface area contributed by atoms with Crippen molar-refractivity contribution in [3.05, 3.63) is 29.8 Å². The minimum absolute atomic E-state index is 0.00813. The molecule has 1 aliphatic carbocycles. The van der Waals surface area contributed by atoms with E-state index < -0.39 is 10.0 Å². The van der Waals surface area contributed by atoms with Gasteiger partial charge in [0.2, 0.25) is 10.0 Å². The van der Waals surface area contributed by atoms with Gasteiger partial charge < -0.3 is 5.11 Å². The highest BCUT2D eigenvalue weighted by molar-refractivity contribution is 7.89. The fourth-order valence-electron chi connectivity index (χ4n) is 2.00. The van der Waals surface area contributed by atoms with E-state index >= 15 is 0 Å². The Bertz CT molecular complexity index is 543. The molecule has 0 saturated heterocycles. The summed E-state index contributed by atoms with van der Waals surface area (Å²) in [7, 11) is -3.46. The predicted octanol–water partition coefficient (Wildman–Crippen LogP) is 1.64. The molecular formula is C14H21NO3S. The molecule has 0 bridgehead atoms. The van der Waals surface area contributed by atoms with E-state index in [-0.39, 0.29) is 28.9 Å². The average Bonchev–Trinajstić information content (AvgIpc) is 3.06. The van der Waals surface area contributed by atoms with Crippen molar-refractivity contribution in [2.75, 3.05) is 6.61 Å². The lowest BCUT2D eigenvalue weighted by Gasteiger charge is -2.19. The number of sulfonamides is 1. The molecule has 0 radical (unpaired) electrons. The molecule has 5 heteroatoms. The molecule has 1 saturated carbocycles. The van der Waals surface area contributed by atoms with E-state index in [4.69, 9.17) is 5.11 Å². The second-order valence-corrected chi connectivity index (χ2v) is 7.89. The van der Waals surface area contributed by atoms with E-state index in [0.29, 0.717) is 0 Å². The summed E-state index contributed by atoms with van der Waals surface area (Å²) in [6.45, 7) is 6.30. The zero-order chi connectivity index (χ0) is 14.3. The molecule has 19 heavy (non-hydrogen) atoms. The summed E-state index contributed by atoms with van der Waals surface area (Å²) >= 11 is 0. The molecule has 0 spiro atoms. The molecule has 0 aromatic heterocycles. The van der Waals surface area contributed by atoms with Crippen LogP contribution in [0.25, 0.3) is 0 Å². The Morgan fingerprint density at radius 3 is 2.26 bits per heavy atom. The van der Waals surface area contributed by atoms with Gasteiger partial charge in [-0.05, 0) is 35.4 Å². The van der Waals surface area contributed by atoms with Gasteiger partial charge in [-0.1, -0.05) is 32.9 Å². The summed E-state index contributed by atoms with van der Waals surface area (Å²) in [5, 5.41) is 8.93. The van der Waals surface area contributed by atoms with Gasteiger partial charge in [0.15, 0.2) is 0 Å². The van der Waals surface area contributed by atoms with E-state index in [2.05, 4.69) is 25.5 Å². The van der Waals surface area contributed by atoms with Gasteiger partial charge in [0.1, 0.15) is 0 Å². The van der Waals surface area contributed by atoms with E-state index in [1.807, 2.05) is 12.1 Å². The molecule has 0 heterocycles. The van der Waals surface area contributed by atoms with Crippen LogP contribution in [0.4, 0.5) is 0 Å². The Morgan fingerprint density at radius 2 is 1.84 bits per heavy atom. The molecule has 1 aromatic carbocycles. The summed E-state index contributed by atoms with van der Waals surface area (Å²) in [6, 6.07) is 6.87. The van der Waals surface area contributed by atoms with Crippen LogP contribution in [0.2, 0.25) is 0 Å². The van der Waals surface area contributed by atoms with Gasteiger partial charge in [-0.25, -0.2) is 13.1 Å². The maximum absolute atomic E-state index is 12.1. The third-order valence-electron chi connectivity index (χ3n) is 3.49. The maximum Gasteiger partial charge on any atom is 0.240 e. The van der Waals surface area contributed by atoms with Gasteiger partial charge in [-0.2, -0.15) is 0 Å². The summed E-state index contributed by atoms with van der Waals surface area (Å²) in [6.07, 6.45) is 0.718. The van der Waals surface area contributed by atoms with Crippen LogP contribution in [0.3, 0.4) is 0 Å². The monoisotopic (exact) mass is 283 g/mol. The maximum atomic E-state index is 12.1. The van der Waals surface area contributed by atoms with E-state index in [1.165, 1.54) is 0 Å². The van der Waals surface area contributed by atoms with E-state index in [1.54, 1.807) is 12.1 Å². The molecule has 1 aliphatic rings. The molecule has 2 unspecified atom stereocenters. The number of rotatable bonds is 4.